The van der Waals surface area contributed by atoms with Gasteiger partial charge >= 0.3 is 5.97 Å². The van der Waals surface area contributed by atoms with E-state index in [1.165, 1.54) is 0 Å². The summed E-state index contributed by atoms with van der Waals surface area (Å²) in [6.07, 6.45) is 0. The summed E-state index contributed by atoms with van der Waals surface area (Å²) in [5.74, 6) is -1.20. The van der Waals surface area contributed by atoms with Gasteiger partial charge in [0, 0.05) is 0 Å². The normalized spacial score (nSPS) is 35.2. The number of alkyl halides is 3. The second kappa shape index (κ2) is 3.79. The maximum absolute atomic E-state index is 13.0. The predicted octanol–water partition coefficient (Wildman–Crippen LogP) is 2.88. The molecule has 0 aliphatic heterocycles. The number of aliphatic carboxylic acids is 1. The minimum atomic E-state index is -0.966. The molecule has 4 unspecified atom stereocenters. The minimum absolute atomic E-state index is 0.0301. The van der Waals surface area contributed by atoms with Gasteiger partial charge in [-0.05, 0) is 33.9 Å². The lowest BCUT2D eigenvalue weighted by molar-refractivity contribution is -0.139. The summed E-state index contributed by atoms with van der Waals surface area (Å²) in [6.45, 7) is 3.78. The Morgan fingerprint density at radius 2 is 2.00 bits per heavy atom. The molecule has 1 rings (SSSR count). The molecule has 0 heterocycles. The molecule has 13 heavy (non-hydrogen) atoms. The zero-order valence-electron chi connectivity index (χ0n) is 7.30. The maximum atomic E-state index is 13.0. The van der Waals surface area contributed by atoms with Crippen LogP contribution < -0.4 is 0 Å². The highest BCUT2D eigenvalue weighted by Gasteiger charge is 2.65. The second-order valence-electron chi connectivity index (χ2n) is 3.94. The summed E-state index contributed by atoms with van der Waals surface area (Å²) >= 11 is 3.72. The van der Waals surface area contributed by atoms with E-state index in [9.17, 15) is 9.18 Å². The van der Waals surface area contributed by atoms with Gasteiger partial charge in [-0.15, -0.1) is 0 Å². The van der Waals surface area contributed by atoms with E-state index in [0.29, 0.717) is 0 Å². The Morgan fingerprint density at radius 1 is 1.54 bits per heavy atom. The molecule has 4 atom stereocenters. The Morgan fingerprint density at radius 3 is 2.23 bits per heavy atom. The van der Waals surface area contributed by atoms with Crippen LogP contribution in [0.25, 0.3) is 0 Å². The molecule has 5 heteroatoms. The maximum Gasteiger partial charge on any atom is 0.307 e. The number of rotatable bonds is 3. The second-order valence-corrected chi connectivity index (χ2v) is 6.57. The molecule has 1 N–H and O–H groups in total. The molecule has 0 aromatic rings. The minimum Gasteiger partial charge on any atom is -0.481 e. The molecule has 1 aliphatic rings. The lowest BCUT2D eigenvalue weighted by Crippen LogP contribution is -2.15. The van der Waals surface area contributed by atoms with E-state index in [0.717, 1.165) is 0 Å². The molecule has 0 saturated heterocycles. The number of carbonyl (C=O) groups is 1. The van der Waals surface area contributed by atoms with Crippen LogP contribution in [0.1, 0.15) is 13.8 Å². The Hall–Kier alpha value is 0.860. The van der Waals surface area contributed by atoms with E-state index < -0.39 is 10.1 Å². The zero-order valence-corrected chi connectivity index (χ0v) is 11.6. The molecule has 0 radical (unpaired) electrons. The van der Waals surface area contributed by atoms with Crippen LogP contribution in [-0.2, 0) is 4.79 Å². The van der Waals surface area contributed by atoms with Crippen LogP contribution in [0.3, 0.4) is 0 Å². The molecule has 1 fully saturated rings. The van der Waals surface area contributed by atoms with Crippen LogP contribution >= 0.6 is 45.2 Å². The molecular weight excluding hydrogens is 401 g/mol. The summed E-state index contributed by atoms with van der Waals surface area (Å²) in [6, 6.07) is 0. The van der Waals surface area contributed by atoms with Crippen LogP contribution in [0.4, 0.5) is 4.39 Å². The average molecular weight is 412 g/mol. The van der Waals surface area contributed by atoms with E-state index in [1.807, 2.05) is 36.4 Å². The van der Waals surface area contributed by atoms with Crippen LogP contribution in [0, 0.1) is 17.3 Å². The largest absolute Gasteiger partial charge is 0.481 e. The number of hydrogen-bond donors (Lipinski definition) is 1. The van der Waals surface area contributed by atoms with E-state index in [2.05, 4.69) is 0 Å². The first kappa shape index (κ1) is 11.9. The summed E-state index contributed by atoms with van der Waals surface area (Å²) in [5, 5.41) is 8.86. The van der Waals surface area contributed by atoms with Crippen molar-refractivity contribution in [3.05, 3.63) is 0 Å². The Balaban J connectivity index is 2.70. The third-order valence-corrected chi connectivity index (χ3v) is 6.32. The van der Waals surface area contributed by atoms with Gasteiger partial charge in [-0.3, -0.25) is 4.79 Å². The standard InChI is InChI=1S/C8H11FI2O2/c1-8(2)3(4(8)7(12)13)5(10)6(9)11/h3-6H,1-2H3,(H,12,13). The third kappa shape index (κ3) is 2.10. The number of carboxylic acids is 1. The zero-order chi connectivity index (χ0) is 10.4. The van der Waals surface area contributed by atoms with Gasteiger partial charge in [0.25, 0.3) is 0 Å². The Kier molecular flexibility index (Phi) is 3.47. The molecule has 1 saturated carbocycles. The van der Waals surface area contributed by atoms with Crippen molar-refractivity contribution in [2.75, 3.05) is 0 Å². The van der Waals surface area contributed by atoms with Gasteiger partial charge in [0.05, 0.1) is 9.84 Å². The Bertz CT molecular complexity index is 230. The molecule has 1 aliphatic carbocycles. The fraction of sp³-hybridized carbons (Fsp3) is 0.875. The van der Waals surface area contributed by atoms with Crippen molar-refractivity contribution in [2.45, 2.75) is 22.0 Å². The van der Waals surface area contributed by atoms with Gasteiger partial charge in [-0.25, -0.2) is 4.39 Å². The van der Waals surface area contributed by atoms with Crippen LogP contribution in [0.2, 0.25) is 0 Å². The van der Waals surface area contributed by atoms with Gasteiger partial charge in [-0.1, -0.05) is 36.4 Å². The first-order valence-corrected chi connectivity index (χ1v) is 6.44. The highest BCUT2D eigenvalue weighted by molar-refractivity contribution is 14.1. The summed E-state index contributed by atoms with van der Waals surface area (Å²) in [7, 11) is 0. The molecule has 0 bridgehead atoms. The van der Waals surface area contributed by atoms with Gasteiger partial charge in [0.2, 0.25) is 0 Å². The fourth-order valence-corrected chi connectivity index (χ4v) is 3.69. The molecule has 0 aromatic heterocycles. The van der Waals surface area contributed by atoms with Crippen molar-refractivity contribution in [3.63, 3.8) is 0 Å². The number of hydrogen-bond acceptors (Lipinski definition) is 1. The summed E-state index contributed by atoms with van der Waals surface area (Å²) in [4.78, 5) is 10.8. The molecule has 76 valence electrons. The van der Waals surface area contributed by atoms with E-state index in [-0.39, 0.29) is 21.2 Å². The van der Waals surface area contributed by atoms with Crippen molar-refractivity contribution in [2.24, 2.45) is 17.3 Å². The van der Waals surface area contributed by atoms with Crippen molar-refractivity contribution in [1.82, 2.24) is 0 Å². The van der Waals surface area contributed by atoms with E-state index in [4.69, 9.17) is 5.11 Å². The average Bonchev–Trinajstić information content (AvgIpc) is 2.51. The molecule has 2 nitrogen and oxygen atoms in total. The molecule has 0 amide bonds. The van der Waals surface area contributed by atoms with E-state index >= 15 is 0 Å². The lowest BCUT2D eigenvalue weighted by Gasteiger charge is -2.10. The highest BCUT2D eigenvalue weighted by Crippen LogP contribution is 2.62. The number of halogens is 3. The Labute approximate surface area is 104 Å². The van der Waals surface area contributed by atoms with Gasteiger partial charge in [0.1, 0.15) is 0 Å². The smallest absolute Gasteiger partial charge is 0.307 e. The van der Waals surface area contributed by atoms with Gasteiger partial charge in [0.15, 0.2) is 4.18 Å². The van der Waals surface area contributed by atoms with Crippen molar-refractivity contribution >= 4 is 51.2 Å². The lowest BCUT2D eigenvalue weighted by atomic mass is 10.1. The first-order chi connectivity index (χ1) is 5.80. The first-order valence-electron chi connectivity index (χ1n) is 3.95. The van der Waals surface area contributed by atoms with Crippen molar-refractivity contribution < 1.29 is 14.3 Å². The third-order valence-electron chi connectivity index (χ3n) is 2.76. The van der Waals surface area contributed by atoms with Crippen LogP contribution in [0.15, 0.2) is 0 Å². The van der Waals surface area contributed by atoms with Crippen molar-refractivity contribution in [1.29, 1.82) is 0 Å². The molecule has 0 spiro atoms. The SMILES string of the molecule is CC1(C)C(C(=O)O)C1C(I)C(F)I. The summed E-state index contributed by atoms with van der Waals surface area (Å²) in [5.41, 5.74) is -0.243. The topological polar surface area (TPSA) is 37.3 Å². The van der Waals surface area contributed by atoms with Gasteiger partial charge < -0.3 is 5.11 Å². The fourth-order valence-electron chi connectivity index (χ4n) is 1.90. The quantitative estimate of drug-likeness (QED) is 0.572. The van der Waals surface area contributed by atoms with Crippen molar-refractivity contribution in [3.8, 4) is 0 Å². The highest BCUT2D eigenvalue weighted by atomic mass is 127. The predicted molar refractivity (Wildman–Crippen MR) is 65.1 cm³/mol. The van der Waals surface area contributed by atoms with Crippen LogP contribution in [-0.4, -0.2) is 19.2 Å². The number of carboxylic acid groups (broad SMARTS) is 1. The molecular formula is C8H11FI2O2. The van der Waals surface area contributed by atoms with E-state index in [1.54, 1.807) is 22.6 Å². The van der Waals surface area contributed by atoms with Crippen LogP contribution in [0.5, 0.6) is 0 Å². The van der Waals surface area contributed by atoms with Gasteiger partial charge in [-0.2, -0.15) is 0 Å². The monoisotopic (exact) mass is 412 g/mol. The molecule has 0 aromatic carbocycles. The summed E-state index contributed by atoms with van der Waals surface area (Å²) < 4.78 is 11.8.